The second-order valence-electron chi connectivity index (χ2n) is 23.8. The molecule has 15 nitrogen and oxygen atoms in total. The van der Waals surface area contributed by atoms with Crippen molar-refractivity contribution < 1.29 is 59.1 Å². The summed E-state index contributed by atoms with van der Waals surface area (Å²) in [5.41, 5.74) is 6.71. The van der Waals surface area contributed by atoms with Crippen molar-refractivity contribution in [1.29, 1.82) is 0 Å². The lowest BCUT2D eigenvalue weighted by atomic mass is 9.93. The van der Waals surface area contributed by atoms with Gasteiger partial charge in [0.15, 0.2) is 15.3 Å². The molecule has 3 aliphatic heterocycles. The van der Waals surface area contributed by atoms with Crippen molar-refractivity contribution in [3.8, 4) is 34.5 Å². The van der Waals surface area contributed by atoms with Gasteiger partial charge in [-0.2, -0.15) is 0 Å². The molecule has 0 radical (unpaired) electrons. The number of nitrogens with zero attached hydrogens (tertiary/aromatic N) is 3. The van der Waals surface area contributed by atoms with Gasteiger partial charge in [-0.1, -0.05) is 91.0 Å². The molecule has 4 unspecified atom stereocenters. The maximum absolute atomic E-state index is 13.1. The van der Waals surface area contributed by atoms with E-state index < -0.39 is 18.3 Å². The number of halogens is 3. The van der Waals surface area contributed by atoms with Gasteiger partial charge in [0, 0.05) is 52.0 Å². The minimum atomic E-state index is -0.685. The number of hydrogen-bond acceptors (Lipinski definition) is 12. The Balaban J connectivity index is 0.000000157. The molecule has 3 aliphatic rings. The lowest BCUT2D eigenvalue weighted by Crippen LogP contribution is -2.29. The summed E-state index contributed by atoms with van der Waals surface area (Å²) in [6.07, 6.45) is 3.61. The Hall–Kier alpha value is -9.48. The van der Waals surface area contributed by atoms with Crippen LogP contribution in [0.2, 0.25) is 0 Å². The molecule has 9 aromatic rings. The van der Waals surface area contributed by atoms with Crippen LogP contribution in [0.25, 0.3) is 0 Å². The van der Waals surface area contributed by atoms with Gasteiger partial charge in [-0.05, 0) is 220 Å². The molecule has 0 spiro atoms. The van der Waals surface area contributed by atoms with E-state index in [0.717, 1.165) is 17.1 Å². The Labute approximate surface area is 571 Å². The largest absolute Gasteiger partial charge is 0.508 e. The molecule has 9 atom stereocenters. The Kier molecular flexibility index (Phi) is 23.3. The standard InChI is InChI=1S/3C25H25FN2O3S/c3*26-17-11-9-16(10-12-17)22(30)8-4-7-21-24(20-14-13-19(29)15-23(20)31)28(25(32)27-21)18-5-2-1-3-6-18/h3*1-3,5-6,9-15,21-22,24,29-31H,4,7-8H2,(H,27,32)/t21-,22?,24-;21-,22-,24-;/m11./s1. The highest BCUT2D eigenvalue weighted by atomic mass is 32.1. The van der Waals surface area contributed by atoms with E-state index in [1.165, 1.54) is 54.6 Å². The molecule has 3 heterocycles. The monoisotopic (exact) mass is 1360 g/mol. The molecule has 0 aromatic heterocycles. The molecule has 21 heteroatoms. The Bertz CT molecular complexity index is 3650. The maximum Gasteiger partial charge on any atom is 0.174 e. The van der Waals surface area contributed by atoms with Gasteiger partial charge in [-0.15, -0.1) is 0 Å². The van der Waals surface area contributed by atoms with Gasteiger partial charge >= 0.3 is 0 Å². The van der Waals surface area contributed by atoms with E-state index in [9.17, 15) is 59.1 Å². The number of aliphatic hydroxyl groups excluding tert-OH is 3. The summed E-state index contributed by atoms with van der Waals surface area (Å²) in [4.78, 5) is 5.92. The molecule has 498 valence electrons. The summed E-state index contributed by atoms with van der Waals surface area (Å²) >= 11 is 16.9. The van der Waals surface area contributed by atoms with Crippen LogP contribution in [0.5, 0.6) is 34.5 Å². The molecular formula is C75H75F3N6O9S3. The van der Waals surface area contributed by atoms with Gasteiger partial charge in [0.05, 0.1) is 54.6 Å². The molecule has 12 N–H and O–H groups in total. The number of aromatic hydroxyl groups is 6. The Morgan fingerprint density at radius 2 is 0.573 bits per heavy atom. The van der Waals surface area contributed by atoms with E-state index in [0.29, 0.717) is 107 Å². The second kappa shape index (κ2) is 32.3. The molecule has 96 heavy (non-hydrogen) atoms. The SMILES string of the molecule is Oc1ccc(C2C(CCCC(O)c3ccc(F)cc3)NC(=S)N2c2ccccc2)c(O)c1.Oc1ccc([C@@H]2[C@@H](CCCC(O)c3ccc(F)cc3)NC(=S)N2c2ccccc2)c(O)c1.Oc1ccc([C@@H]2[C@@H](CCC[C@@H](O)c3ccc(F)cc3)NC(=S)N2c2ccccc2)c(O)c1. The van der Waals surface area contributed by atoms with Crippen LogP contribution in [0, 0.1) is 17.5 Å². The fourth-order valence-electron chi connectivity index (χ4n) is 12.7. The second-order valence-corrected chi connectivity index (χ2v) is 25.0. The molecule has 3 saturated heterocycles. The van der Waals surface area contributed by atoms with Gasteiger partial charge in [0.25, 0.3) is 0 Å². The molecule has 0 amide bonds. The third-order valence-corrected chi connectivity index (χ3v) is 18.3. The van der Waals surface area contributed by atoms with Crippen LogP contribution >= 0.6 is 36.7 Å². The van der Waals surface area contributed by atoms with Crippen LogP contribution < -0.4 is 30.7 Å². The normalized spacial score (nSPS) is 19.1. The average Bonchev–Trinajstić information content (AvgIpc) is 1.64. The third-order valence-electron chi connectivity index (χ3n) is 17.4. The lowest BCUT2D eigenvalue weighted by Gasteiger charge is -2.29. The van der Waals surface area contributed by atoms with Crippen LogP contribution in [-0.2, 0) is 0 Å². The predicted molar refractivity (Wildman–Crippen MR) is 378 cm³/mol. The molecule has 12 rings (SSSR count). The topological polar surface area (TPSA) is 228 Å². The predicted octanol–water partition coefficient (Wildman–Crippen LogP) is 14.8. The summed E-state index contributed by atoms with van der Waals surface area (Å²) in [5, 5.41) is 104. The van der Waals surface area contributed by atoms with Crippen LogP contribution in [0.3, 0.4) is 0 Å². The highest BCUT2D eigenvalue weighted by Gasteiger charge is 2.43. The average molecular weight is 1360 g/mol. The molecule has 0 bridgehead atoms. The van der Waals surface area contributed by atoms with E-state index in [4.69, 9.17) is 36.7 Å². The minimum Gasteiger partial charge on any atom is -0.508 e. The molecule has 3 fully saturated rings. The first-order valence-electron chi connectivity index (χ1n) is 31.6. The fraction of sp³-hybridized carbons (Fsp3) is 0.240. The zero-order valence-electron chi connectivity index (χ0n) is 52.1. The summed E-state index contributed by atoms with van der Waals surface area (Å²) in [5.74, 6) is -1.03. The molecule has 9 aromatic carbocycles. The van der Waals surface area contributed by atoms with Gasteiger partial charge in [0.1, 0.15) is 51.9 Å². The summed E-state index contributed by atoms with van der Waals surface area (Å²) in [7, 11) is 0. The number of rotatable bonds is 21. The van der Waals surface area contributed by atoms with Crippen molar-refractivity contribution in [3.05, 3.63) is 269 Å². The van der Waals surface area contributed by atoms with Crippen molar-refractivity contribution in [2.45, 2.75) is 112 Å². The highest BCUT2D eigenvalue weighted by Crippen LogP contribution is 2.45. The van der Waals surface area contributed by atoms with Gasteiger partial charge < -0.3 is 76.6 Å². The molecule has 0 aliphatic carbocycles. The number of benzene rings is 9. The van der Waals surface area contributed by atoms with E-state index in [2.05, 4.69) is 16.0 Å². The number of para-hydroxylation sites is 3. The van der Waals surface area contributed by atoms with E-state index in [1.54, 1.807) is 72.8 Å². The summed E-state index contributed by atoms with van der Waals surface area (Å²) in [6, 6.07) is 59.3. The van der Waals surface area contributed by atoms with Crippen LogP contribution in [0.15, 0.2) is 218 Å². The van der Waals surface area contributed by atoms with Crippen molar-refractivity contribution >= 4 is 69.1 Å². The van der Waals surface area contributed by atoms with Gasteiger partial charge in [0.2, 0.25) is 0 Å². The molecule has 0 saturated carbocycles. The van der Waals surface area contributed by atoms with E-state index in [-0.39, 0.29) is 88.2 Å². The maximum atomic E-state index is 13.1. The van der Waals surface area contributed by atoms with Crippen LogP contribution in [0.4, 0.5) is 30.2 Å². The molecular weight excluding hydrogens is 1280 g/mol. The number of phenolic OH excluding ortho intramolecular Hbond substituents is 6. The first-order chi connectivity index (χ1) is 46.3. The number of thiocarbonyl (C=S) groups is 3. The van der Waals surface area contributed by atoms with Gasteiger partial charge in [-0.25, -0.2) is 13.2 Å². The zero-order valence-corrected chi connectivity index (χ0v) is 54.5. The van der Waals surface area contributed by atoms with Crippen LogP contribution in [0.1, 0.15) is 128 Å². The summed E-state index contributed by atoms with van der Waals surface area (Å²) in [6.45, 7) is 0. The first-order valence-corrected chi connectivity index (χ1v) is 32.8. The highest BCUT2D eigenvalue weighted by molar-refractivity contribution is 7.81. The van der Waals surface area contributed by atoms with Gasteiger partial charge in [-0.3, -0.25) is 0 Å². The number of hydrogen-bond donors (Lipinski definition) is 12. The quantitative estimate of drug-likeness (QED) is 0.0300. The Morgan fingerprint density at radius 3 is 0.802 bits per heavy atom. The van der Waals surface area contributed by atoms with E-state index in [1.807, 2.05) is 106 Å². The van der Waals surface area contributed by atoms with E-state index >= 15 is 0 Å². The zero-order chi connectivity index (χ0) is 68.0. The number of phenols is 6. The van der Waals surface area contributed by atoms with Crippen molar-refractivity contribution in [3.63, 3.8) is 0 Å². The van der Waals surface area contributed by atoms with Crippen molar-refractivity contribution in [1.82, 2.24) is 16.0 Å². The fourth-order valence-corrected chi connectivity index (χ4v) is 13.8. The lowest BCUT2D eigenvalue weighted by molar-refractivity contribution is 0.161. The number of aliphatic hydroxyl groups is 3. The smallest absolute Gasteiger partial charge is 0.174 e. The minimum absolute atomic E-state index is 0.00113. The van der Waals surface area contributed by atoms with Crippen LogP contribution in [-0.4, -0.2) is 79.4 Å². The third kappa shape index (κ3) is 17.1. The number of nitrogens with one attached hydrogen (secondary N) is 3. The Morgan fingerprint density at radius 1 is 0.333 bits per heavy atom. The van der Waals surface area contributed by atoms with Crippen molar-refractivity contribution in [2.24, 2.45) is 0 Å². The van der Waals surface area contributed by atoms with Crippen molar-refractivity contribution in [2.75, 3.05) is 14.7 Å². The first kappa shape index (κ1) is 69.4. The summed E-state index contributed by atoms with van der Waals surface area (Å²) < 4.78 is 39.4. The number of anilines is 3.